The standard InChI is InChI=1S/C14H17Cl2N5OS/c1-19-4-6-20(7-5-19)13-12(21(17)14(22)23-13)18-11-3-2-9(15)8-10(11)16/h2-3,8,18H,4-7,17H2,1H3. The molecule has 0 unspecified atom stereocenters. The fraction of sp³-hybridized carbons (Fsp3) is 0.357. The van der Waals surface area contributed by atoms with E-state index in [1.807, 2.05) is 0 Å². The third-order valence-corrected chi connectivity index (χ3v) is 5.36. The van der Waals surface area contributed by atoms with Crippen molar-refractivity contribution in [2.75, 3.05) is 49.3 Å². The minimum Gasteiger partial charge on any atom is -0.358 e. The molecule has 1 fully saturated rings. The molecule has 1 aromatic carbocycles. The molecule has 0 atom stereocenters. The molecule has 2 heterocycles. The SMILES string of the molecule is CN1CCN(c2sc(=O)n(N)c2Nc2ccc(Cl)cc2Cl)CC1. The summed E-state index contributed by atoms with van der Waals surface area (Å²) in [4.78, 5) is 16.2. The highest BCUT2D eigenvalue weighted by atomic mass is 35.5. The van der Waals surface area contributed by atoms with Crippen molar-refractivity contribution in [3.05, 3.63) is 37.9 Å². The fourth-order valence-electron chi connectivity index (χ4n) is 2.43. The van der Waals surface area contributed by atoms with E-state index in [0.29, 0.717) is 21.6 Å². The summed E-state index contributed by atoms with van der Waals surface area (Å²) in [5, 5.41) is 5.02. The molecule has 0 radical (unpaired) electrons. The van der Waals surface area contributed by atoms with Gasteiger partial charge in [-0.05, 0) is 25.2 Å². The number of rotatable bonds is 3. The molecule has 2 aromatic rings. The molecule has 0 spiro atoms. The number of nitrogens with two attached hydrogens (primary N) is 1. The smallest absolute Gasteiger partial charge is 0.329 e. The lowest BCUT2D eigenvalue weighted by atomic mass is 10.3. The van der Waals surface area contributed by atoms with E-state index in [-0.39, 0.29) is 4.87 Å². The Labute approximate surface area is 148 Å². The number of piperazine rings is 1. The molecule has 0 aliphatic carbocycles. The summed E-state index contributed by atoms with van der Waals surface area (Å²) in [6.07, 6.45) is 0. The normalized spacial score (nSPS) is 15.9. The van der Waals surface area contributed by atoms with E-state index in [1.54, 1.807) is 18.2 Å². The maximum absolute atomic E-state index is 12.0. The number of hydrogen-bond acceptors (Lipinski definition) is 6. The van der Waals surface area contributed by atoms with E-state index in [1.165, 1.54) is 0 Å². The zero-order valence-corrected chi connectivity index (χ0v) is 14.9. The van der Waals surface area contributed by atoms with Crippen molar-refractivity contribution < 1.29 is 0 Å². The van der Waals surface area contributed by atoms with Gasteiger partial charge in [0.15, 0.2) is 5.82 Å². The lowest BCUT2D eigenvalue weighted by Crippen LogP contribution is -2.44. The largest absolute Gasteiger partial charge is 0.358 e. The van der Waals surface area contributed by atoms with Crippen LogP contribution in [0.1, 0.15) is 0 Å². The van der Waals surface area contributed by atoms with Crippen LogP contribution in [0, 0.1) is 0 Å². The Bertz CT molecular complexity index is 767. The molecule has 1 aliphatic heterocycles. The number of anilines is 3. The van der Waals surface area contributed by atoms with Crippen molar-refractivity contribution in [3.63, 3.8) is 0 Å². The molecule has 9 heteroatoms. The summed E-state index contributed by atoms with van der Waals surface area (Å²) >= 11 is 13.3. The van der Waals surface area contributed by atoms with Crippen LogP contribution >= 0.6 is 34.5 Å². The molecule has 0 bridgehead atoms. The molecule has 0 amide bonds. The van der Waals surface area contributed by atoms with Crippen molar-refractivity contribution in [3.8, 4) is 0 Å². The van der Waals surface area contributed by atoms with E-state index in [4.69, 9.17) is 29.0 Å². The van der Waals surface area contributed by atoms with Crippen LogP contribution in [-0.2, 0) is 0 Å². The average Bonchev–Trinajstić information content (AvgIpc) is 2.79. The predicted molar refractivity (Wildman–Crippen MR) is 98.2 cm³/mol. The lowest BCUT2D eigenvalue weighted by Gasteiger charge is -2.33. The van der Waals surface area contributed by atoms with Gasteiger partial charge in [0, 0.05) is 31.2 Å². The third-order valence-electron chi connectivity index (χ3n) is 3.80. The van der Waals surface area contributed by atoms with Gasteiger partial charge in [0.1, 0.15) is 5.00 Å². The van der Waals surface area contributed by atoms with E-state index in [9.17, 15) is 4.79 Å². The van der Waals surface area contributed by atoms with Crippen LogP contribution in [0.5, 0.6) is 0 Å². The van der Waals surface area contributed by atoms with Crippen LogP contribution in [0.2, 0.25) is 10.0 Å². The quantitative estimate of drug-likeness (QED) is 0.808. The van der Waals surface area contributed by atoms with Crippen molar-refractivity contribution in [2.24, 2.45) is 0 Å². The van der Waals surface area contributed by atoms with Crippen molar-refractivity contribution in [1.29, 1.82) is 0 Å². The molecule has 0 saturated carbocycles. The Morgan fingerprint density at radius 2 is 1.91 bits per heavy atom. The molecule has 1 aliphatic rings. The maximum atomic E-state index is 12.0. The van der Waals surface area contributed by atoms with Crippen molar-refractivity contribution >= 4 is 51.0 Å². The second kappa shape index (κ2) is 6.60. The van der Waals surface area contributed by atoms with E-state index >= 15 is 0 Å². The highest BCUT2D eigenvalue weighted by molar-refractivity contribution is 7.14. The van der Waals surface area contributed by atoms with Crippen LogP contribution in [0.25, 0.3) is 0 Å². The van der Waals surface area contributed by atoms with E-state index in [0.717, 1.165) is 47.2 Å². The summed E-state index contributed by atoms with van der Waals surface area (Å²) < 4.78 is 1.13. The Hall–Kier alpha value is -1.41. The molecular formula is C14H17Cl2N5OS. The van der Waals surface area contributed by atoms with Gasteiger partial charge in [0.2, 0.25) is 0 Å². The molecule has 6 nitrogen and oxygen atoms in total. The summed E-state index contributed by atoms with van der Waals surface area (Å²) in [6.45, 7) is 3.58. The van der Waals surface area contributed by atoms with Crippen molar-refractivity contribution in [2.45, 2.75) is 0 Å². The molecule has 1 saturated heterocycles. The van der Waals surface area contributed by atoms with E-state index in [2.05, 4.69) is 22.2 Å². The minimum atomic E-state index is -0.216. The number of nitrogens with zero attached hydrogens (tertiary/aromatic N) is 3. The highest BCUT2D eigenvalue weighted by Gasteiger charge is 2.23. The van der Waals surface area contributed by atoms with Crippen LogP contribution in [0.4, 0.5) is 16.5 Å². The summed E-state index contributed by atoms with van der Waals surface area (Å²) in [5.41, 5.74) is 0.656. The van der Waals surface area contributed by atoms with Gasteiger partial charge in [-0.2, -0.15) is 4.68 Å². The first-order valence-corrected chi connectivity index (χ1v) is 8.69. The Kier molecular flexibility index (Phi) is 4.72. The molecule has 23 heavy (non-hydrogen) atoms. The number of thiazole rings is 1. The second-order valence-electron chi connectivity index (χ2n) is 5.43. The number of benzene rings is 1. The summed E-state index contributed by atoms with van der Waals surface area (Å²) in [6, 6.07) is 5.14. The van der Waals surface area contributed by atoms with Crippen LogP contribution in [-0.4, -0.2) is 42.8 Å². The first-order valence-electron chi connectivity index (χ1n) is 7.12. The number of aromatic nitrogens is 1. The first-order chi connectivity index (χ1) is 11.0. The Balaban J connectivity index is 1.93. The Morgan fingerprint density at radius 3 is 2.57 bits per heavy atom. The predicted octanol–water partition coefficient (Wildman–Crippen LogP) is 2.43. The van der Waals surface area contributed by atoms with Crippen LogP contribution in [0.3, 0.4) is 0 Å². The lowest BCUT2D eigenvalue weighted by molar-refractivity contribution is 0.313. The zero-order chi connectivity index (χ0) is 16.6. The highest BCUT2D eigenvalue weighted by Crippen LogP contribution is 2.34. The number of nitrogens with one attached hydrogen (secondary N) is 1. The monoisotopic (exact) mass is 373 g/mol. The third kappa shape index (κ3) is 3.42. The van der Waals surface area contributed by atoms with Gasteiger partial charge < -0.3 is 21.0 Å². The fourth-order valence-corrected chi connectivity index (χ4v) is 3.80. The molecule has 3 N–H and O–H groups in total. The molecule has 1 aromatic heterocycles. The van der Waals surface area contributed by atoms with Crippen molar-refractivity contribution in [1.82, 2.24) is 9.58 Å². The number of hydrogen-bond donors (Lipinski definition) is 2. The topological polar surface area (TPSA) is 66.5 Å². The van der Waals surface area contributed by atoms with Gasteiger partial charge in [-0.25, -0.2) is 0 Å². The summed E-state index contributed by atoms with van der Waals surface area (Å²) in [5.74, 6) is 6.46. The van der Waals surface area contributed by atoms with Gasteiger partial charge in [0.05, 0.1) is 10.7 Å². The molecule has 124 valence electrons. The average molecular weight is 374 g/mol. The Morgan fingerprint density at radius 1 is 1.22 bits per heavy atom. The molecular weight excluding hydrogens is 357 g/mol. The van der Waals surface area contributed by atoms with Gasteiger partial charge in [-0.1, -0.05) is 34.5 Å². The number of halogens is 2. The van der Waals surface area contributed by atoms with Crippen LogP contribution < -0.4 is 20.9 Å². The molecule has 3 rings (SSSR count). The van der Waals surface area contributed by atoms with Gasteiger partial charge in [0.25, 0.3) is 0 Å². The van der Waals surface area contributed by atoms with Gasteiger partial charge in [-0.15, -0.1) is 0 Å². The number of nitrogen functional groups attached to an aromatic ring is 1. The van der Waals surface area contributed by atoms with Crippen LogP contribution in [0.15, 0.2) is 23.0 Å². The second-order valence-corrected chi connectivity index (χ2v) is 7.21. The maximum Gasteiger partial charge on any atom is 0.329 e. The zero-order valence-electron chi connectivity index (χ0n) is 12.6. The van der Waals surface area contributed by atoms with E-state index < -0.39 is 0 Å². The first kappa shape index (κ1) is 16.4. The summed E-state index contributed by atoms with van der Waals surface area (Å²) in [7, 11) is 2.08. The number of likely N-dealkylation sites (N-methyl/N-ethyl adjacent to an activating group) is 1. The van der Waals surface area contributed by atoms with Gasteiger partial charge in [-0.3, -0.25) is 4.79 Å². The van der Waals surface area contributed by atoms with Gasteiger partial charge >= 0.3 is 4.87 Å². The minimum absolute atomic E-state index is 0.216.